The van der Waals surface area contributed by atoms with E-state index in [0.29, 0.717) is 98.3 Å². The average molecular weight is 1220 g/mol. The lowest BCUT2D eigenvalue weighted by Gasteiger charge is -2.40. The van der Waals surface area contributed by atoms with E-state index in [1.807, 2.05) is 139 Å². The van der Waals surface area contributed by atoms with Crippen molar-refractivity contribution in [3.63, 3.8) is 0 Å². The van der Waals surface area contributed by atoms with Gasteiger partial charge in [0.2, 0.25) is 0 Å². The number of carbonyl (C=O) groups is 2. The van der Waals surface area contributed by atoms with Gasteiger partial charge in [-0.3, -0.25) is 19.8 Å². The highest BCUT2D eigenvalue weighted by Gasteiger charge is 2.43. The van der Waals surface area contributed by atoms with E-state index in [4.69, 9.17) is 52.4 Å². The zero-order valence-corrected chi connectivity index (χ0v) is 53.4. The molecule has 0 bridgehead atoms. The van der Waals surface area contributed by atoms with E-state index in [-0.39, 0.29) is 31.7 Å². The zero-order chi connectivity index (χ0) is 60.7. The fraction of sp³-hybridized carbons (Fsp3) is 0.477. The molecule has 0 radical (unpaired) electrons. The van der Waals surface area contributed by atoms with Gasteiger partial charge in [0.25, 0.3) is 0 Å². The Morgan fingerprint density at radius 1 is 0.647 bits per heavy atom. The smallest absolute Gasteiger partial charge is 0.410 e. The van der Waals surface area contributed by atoms with Crippen LogP contribution in [0.3, 0.4) is 0 Å². The minimum atomic E-state index is -1.45. The van der Waals surface area contributed by atoms with Crippen molar-refractivity contribution >= 4 is 66.8 Å². The summed E-state index contributed by atoms with van der Waals surface area (Å²) in [7, 11) is -1.20. The number of aliphatic hydroxyl groups is 2. The summed E-state index contributed by atoms with van der Waals surface area (Å²) < 4.78 is 19.2. The molecular weight excluding hydrogens is 1130 g/mol. The minimum absolute atomic E-state index is 0. The number of benzene rings is 2. The van der Waals surface area contributed by atoms with E-state index in [2.05, 4.69) is 39.4 Å². The normalized spacial score (nSPS) is 18.9. The number of amides is 2. The molecule has 6 heterocycles. The molecule has 17 nitrogen and oxygen atoms in total. The van der Waals surface area contributed by atoms with Crippen LogP contribution in [0.5, 0.6) is 0 Å². The molecule has 2 aliphatic carbocycles. The Labute approximate surface area is 513 Å². The molecule has 2 aliphatic heterocycles. The third kappa shape index (κ3) is 14.6. The van der Waals surface area contributed by atoms with Gasteiger partial charge in [0, 0.05) is 101 Å². The maximum atomic E-state index is 12.8. The third-order valence-corrected chi connectivity index (χ3v) is 18.0. The molecule has 0 saturated carbocycles. The molecule has 20 heteroatoms. The lowest BCUT2D eigenvalue weighted by Crippen LogP contribution is -2.51. The lowest BCUT2D eigenvalue weighted by atomic mass is 9.83. The number of hydrogen-bond acceptors (Lipinski definition) is 13. The van der Waals surface area contributed by atoms with Crippen LogP contribution in [0.4, 0.5) is 9.59 Å². The van der Waals surface area contributed by atoms with Crippen molar-refractivity contribution < 1.29 is 34.0 Å². The quantitative estimate of drug-likeness (QED) is 0.0822. The maximum Gasteiger partial charge on any atom is 0.410 e. The first-order valence-electron chi connectivity index (χ1n) is 28.9. The number of imidazole rings is 2. The first kappa shape index (κ1) is 64.8. The molecule has 2 fully saturated rings. The number of nitrogens with one attached hydrogen (secondary N) is 1. The number of halogens is 2. The SMILES string of the molecule is C.Cc1[nH]cnc1C(C)(O)C1=Cc2cccnc2[C@@H](N2CCN(C(=O)OC(C)(C)C)CC2)c2ccc(Cl)cc21.Cc1c(C(C)(O)C2=Cc3cccnc3[C@@H](N3CCN(C(=O)OC(C)(C)C)CC3)c3ccc(Cl)cc32)ncn1COCC[Si](C)(C)C. The molecule has 4 atom stereocenters. The highest BCUT2D eigenvalue weighted by atomic mass is 35.5. The molecule has 85 heavy (non-hydrogen) atoms. The van der Waals surface area contributed by atoms with E-state index >= 15 is 0 Å². The monoisotopic (exact) mass is 1220 g/mol. The van der Waals surface area contributed by atoms with Gasteiger partial charge in [0.15, 0.2) is 0 Å². The number of carbonyl (C=O) groups excluding carboxylic acids is 2. The summed E-state index contributed by atoms with van der Waals surface area (Å²) in [5.41, 5.74) is 7.53. The van der Waals surface area contributed by atoms with Crippen molar-refractivity contribution in [3.8, 4) is 0 Å². The van der Waals surface area contributed by atoms with Crippen LogP contribution < -0.4 is 0 Å². The van der Waals surface area contributed by atoms with Crippen LogP contribution in [0.2, 0.25) is 35.7 Å². The molecule has 10 rings (SSSR count). The molecule has 2 unspecified atom stereocenters. The van der Waals surface area contributed by atoms with Crippen LogP contribution in [-0.4, -0.2) is 150 Å². The van der Waals surface area contributed by atoms with E-state index in [9.17, 15) is 19.8 Å². The topological polar surface area (TPSA) is 188 Å². The van der Waals surface area contributed by atoms with Gasteiger partial charge in [-0.25, -0.2) is 19.6 Å². The van der Waals surface area contributed by atoms with E-state index in [1.165, 1.54) is 0 Å². The summed E-state index contributed by atoms with van der Waals surface area (Å²) >= 11 is 13.2. The second-order valence-corrected chi connectivity index (χ2v) is 32.4. The lowest BCUT2D eigenvalue weighted by molar-refractivity contribution is 0.0108. The fourth-order valence-corrected chi connectivity index (χ4v) is 12.6. The predicted octanol–water partition coefficient (Wildman–Crippen LogP) is 12.8. The zero-order valence-electron chi connectivity index (χ0n) is 50.9. The maximum absolute atomic E-state index is 12.8. The van der Waals surface area contributed by atoms with Crippen molar-refractivity contribution in [2.45, 2.75) is 144 Å². The number of hydrogen-bond donors (Lipinski definition) is 3. The molecule has 6 aromatic rings. The summed E-state index contributed by atoms with van der Waals surface area (Å²) in [5, 5.41) is 25.6. The number of fused-ring (bicyclic) bond motifs is 4. The van der Waals surface area contributed by atoms with Gasteiger partial charge in [-0.2, -0.15) is 0 Å². The second kappa shape index (κ2) is 25.6. The molecule has 2 amide bonds. The van der Waals surface area contributed by atoms with Crippen molar-refractivity contribution in [3.05, 3.63) is 163 Å². The highest BCUT2D eigenvalue weighted by molar-refractivity contribution is 6.76. The number of nitrogens with zero attached hydrogens (tertiary/aromatic N) is 9. The number of aryl methyl sites for hydroxylation is 1. The van der Waals surface area contributed by atoms with Crippen molar-refractivity contribution in [2.24, 2.45) is 0 Å². The Bertz CT molecular complexity index is 3430. The number of aromatic nitrogens is 6. The van der Waals surface area contributed by atoms with Crippen molar-refractivity contribution in [2.75, 3.05) is 59.0 Å². The van der Waals surface area contributed by atoms with Gasteiger partial charge in [0.05, 0.1) is 47.5 Å². The van der Waals surface area contributed by atoms with Gasteiger partial charge >= 0.3 is 12.2 Å². The number of H-pyrrole nitrogens is 1. The first-order valence-corrected chi connectivity index (χ1v) is 33.4. The standard InChI is InChI=1S/C35H48ClN5O4Si.C29H34ClN5O3.CH4/c1-24-32(38-22-41(24)23-44-18-19-46(6,7)8)35(5,43)29-20-25-10-9-13-37-30(25)31(27-12-11-26(36)21-28(27)29)39-14-16-40(17-15-39)33(42)45-34(2,3)4;1-18-26(33-17-32-18)29(5,37)23-15-19-7-6-10-31-24(19)25(21-9-8-20(30)16-22(21)23)34-11-13-35(14-12-34)27(36)38-28(2,3)4;/h9-13,20-22,31,43H,14-19,23H2,1-8H3;6-10,15-17,25,37H,11-14H2,1-5H3,(H,32,33);1H4/t31-,35?;25-,29?;/m00./s1. The molecule has 4 aliphatic rings. The number of piperazine rings is 2. The van der Waals surface area contributed by atoms with Gasteiger partial charge in [-0.05, 0) is 168 Å². The predicted molar refractivity (Wildman–Crippen MR) is 340 cm³/mol. The van der Waals surface area contributed by atoms with Crippen LogP contribution in [0.15, 0.2) is 85.7 Å². The minimum Gasteiger partial charge on any atom is -0.444 e. The fourth-order valence-electron chi connectivity index (χ4n) is 11.5. The molecular formula is C65H86Cl2N10O7Si. The van der Waals surface area contributed by atoms with Crippen LogP contribution in [0.25, 0.3) is 23.3 Å². The van der Waals surface area contributed by atoms with Crippen LogP contribution >= 0.6 is 23.2 Å². The van der Waals surface area contributed by atoms with Gasteiger partial charge in [-0.15, -0.1) is 0 Å². The van der Waals surface area contributed by atoms with E-state index < -0.39 is 30.5 Å². The van der Waals surface area contributed by atoms with Crippen LogP contribution in [0.1, 0.15) is 142 Å². The van der Waals surface area contributed by atoms with Crippen molar-refractivity contribution in [1.82, 2.24) is 49.1 Å². The Balaban J connectivity index is 0.000000222. The summed E-state index contributed by atoms with van der Waals surface area (Å²) in [6, 6.07) is 20.2. The number of aromatic amines is 1. The van der Waals surface area contributed by atoms with Gasteiger partial charge < -0.3 is 43.8 Å². The molecule has 456 valence electrons. The molecule has 3 N–H and O–H groups in total. The molecule has 2 aromatic carbocycles. The molecule has 2 saturated heterocycles. The Hall–Kier alpha value is -6.22. The van der Waals surface area contributed by atoms with Crippen LogP contribution in [-0.2, 0) is 32.1 Å². The van der Waals surface area contributed by atoms with Crippen LogP contribution in [0, 0.1) is 13.8 Å². The highest BCUT2D eigenvalue weighted by Crippen LogP contribution is 2.49. The second-order valence-electron chi connectivity index (χ2n) is 25.9. The summed E-state index contributed by atoms with van der Waals surface area (Å²) in [4.78, 5) is 55.7. The average Bonchev–Trinajstić information content (AvgIpc) is 1.80. The summed E-state index contributed by atoms with van der Waals surface area (Å²) in [6.07, 6.45) is 10.4. The van der Waals surface area contributed by atoms with E-state index in [0.717, 1.165) is 62.2 Å². The Morgan fingerprint density at radius 2 is 1.09 bits per heavy atom. The number of ether oxygens (including phenoxy) is 3. The van der Waals surface area contributed by atoms with Crippen molar-refractivity contribution in [1.29, 1.82) is 0 Å². The van der Waals surface area contributed by atoms with Gasteiger partial charge in [0.1, 0.15) is 29.1 Å². The first-order chi connectivity index (χ1) is 39.5. The summed E-state index contributed by atoms with van der Waals surface area (Å²) in [6.45, 7) is 31.5. The Morgan fingerprint density at radius 3 is 1.51 bits per heavy atom. The number of rotatable bonds is 11. The third-order valence-electron chi connectivity index (χ3n) is 15.9. The number of pyridine rings is 2. The summed E-state index contributed by atoms with van der Waals surface area (Å²) in [5.74, 6) is 0. The Kier molecular flexibility index (Phi) is 19.5. The van der Waals surface area contributed by atoms with E-state index in [1.54, 1.807) is 42.5 Å². The largest absolute Gasteiger partial charge is 0.444 e. The van der Waals surface area contributed by atoms with Gasteiger partial charge in [-0.1, -0.05) is 74.5 Å². The molecule has 4 aromatic heterocycles. The molecule has 0 spiro atoms.